The topological polar surface area (TPSA) is 70.3 Å². The number of methoxy groups -OCH3 is 1. The summed E-state index contributed by atoms with van der Waals surface area (Å²) in [6.07, 6.45) is 1.71. The molecule has 0 aliphatic rings. The zero-order valence-electron chi connectivity index (χ0n) is 9.68. The second-order valence-electron chi connectivity index (χ2n) is 3.44. The van der Waals surface area contributed by atoms with Crippen LogP contribution in [0.25, 0.3) is 0 Å². The summed E-state index contributed by atoms with van der Waals surface area (Å²) in [5, 5.41) is 0. The van der Waals surface area contributed by atoms with E-state index < -0.39 is 0 Å². The first-order chi connectivity index (χ1) is 8.20. The van der Waals surface area contributed by atoms with Gasteiger partial charge in [0.25, 0.3) is 0 Å². The van der Waals surface area contributed by atoms with Crippen LogP contribution in [0.2, 0.25) is 0 Å². The van der Waals surface area contributed by atoms with Crippen molar-refractivity contribution >= 4 is 5.69 Å². The number of ether oxygens (including phenoxy) is 2. The van der Waals surface area contributed by atoms with Crippen molar-refractivity contribution in [3.8, 4) is 17.5 Å². The van der Waals surface area contributed by atoms with Crippen LogP contribution in [0, 0.1) is 6.92 Å². The van der Waals surface area contributed by atoms with Gasteiger partial charge in [-0.1, -0.05) is 0 Å². The lowest BCUT2D eigenvalue weighted by Gasteiger charge is -2.08. The molecule has 0 atom stereocenters. The van der Waals surface area contributed by atoms with E-state index in [2.05, 4.69) is 9.97 Å². The third-order valence-corrected chi connectivity index (χ3v) is 2.23. The molecule has 0 fully saturated rings. The van der Waals surface area contributed by atoms with Crippen LogP contribution < -0.4 is 15.2 Å². The number of aryl methyl sites for hydroxylation is 1. The van der Waals surface area contributed by atoms with Gasteiger partial charge in [0.2, 0.25) is 11.8 Å². The number of hydrogen-bond donors (Lipinski definition) is 1. The summed E-state index contributed by atoms with van der Waals surface area (Å²) in [5.74, 6) is 1.43. The van der Waals surface area contributed by atoms with Crippen LogP contribution in [0.4, 0.5) is 5.69 Å². The van der Waals surface area contributed by atoms with Crippen molar-refractivity contribution in [3.05, 3.63) is 36.2 Å². The maximum atomic E-state index is 5.67. The average molecular weight is 231 g/mol. The molecule has 2 N–H and O–H groups in total. The number of aromatic nitrogens is 2. The number of nitrogens with zero attached hydrogens (tertiary/aromatic N) is 2. The molecule has 2 aromatic rings. The first-order valence-electron chi connectivity index (χ1n) is 5.10. The molecule has 2 heterocycles. The van der Waals surface area contributed by atoms with Gasteiger partial charge in [-0.2, -0.15) is 4.98 Å². The SMILES string of the molecule is COc1nc(Oc2cccnc2C)ccc1N. The predicted octanol–water partition coefficient (Wildman–Crippen LogP) is 2.17. The Hall–Kier alpha value is -2.30. The van der Waals surface area contributed by atoms with Crippen LogP contribution in [0.3, 0.4) is 0 Å². The number of anilines is 1. The summed E-state index contributed by atoms with van der Waals surface area (Å²) < 4.78 is 10.6. The number of pyridine rings is 2. The summed E-state index contributed by atoms with van der Waals surface area (Å²) in [6, 6.07) is 7.00. The molecule has 0 aliphatic heterocycles. The highest BCUT2D eigenvalue weighted by molar-refractivity contribution is 5.49. The lowest BCUT2D eigenvalue weighted by atomic mass is 10.3. The largest absolute Gasteiger partial charge is 0.479 e. The Balaban J connectivity index is 2.28. The average Bonchev–Trinajstić information content (AvgIpc) is 2.34. The van der Waals surface area contributed by atoms with Crippen LogP contribution in [0.5, 0.6) is 17.5 Å². The minimum absolute atomic E-state index is 0.351. The van der Waals surface area contributed by atoms with Crippen LogP contribution in [0.15, 0.2) is 30.5 Å². The molecule has 5 nitrogen and oxygen atoms in total. The fraction of sp³-hybridized carbons (Fsp3) is 0.167. The lowest BCUT2D eigenvalue weighted by molar-refractivity contribution is 0.385. The Labute approximate surface area is 99.2 Å². The van der Waals surface area contributed by atoms with Gasteiger partial charge in [0, 0.05) is 12.3 Å². The smallest absolute Gasteiger partial charge is 0.240 e. The maximum Gasteiger partial charge on any atom is 0.240 e. The lowest BCUT2D eigenvalue weighted by Crippen LogP contribution is -1.97. The third kappa shape index (κ3) is 2.44. The Morgan fingerprint density at radius 1 is 1.24 bits per heavy atom. The van der Waals surface area contributed by atoms with Gasteiger partial charge >= 0.3 is 0 Å². The van der Waals surface area contributed by atoms with Gasteiger partial charge in [-0.25, -0.2) is 0 Å². The van der Waals surface area contributed by atoms with E-state index in [0.717, 1.165) is 5.69 Å². The Morgan fingerprint density at radius 2 is 2.06 bits per heavy atom. The normalized spacial score (nSPS) is 10.0. The summed E-state index contributed by atoms with van der Waals surface area (Å²) in [6.45, 7) is 1.86. The molecular weight excluding hydrogens is 218 g/mol. The van der Waals surface area contributed by atoms with E-state index >= 15 is 0 Å². The van der Waals surface area contributed by atoms with Crippen molar-refractivity contribution in [1.82, 2.24) is 9.97 Å². The monoisotopic (exact) mass is 231 g/mol. The molecule has 0 radical (unpaired) electrons. The molecule has 0 bridgehead atoms. The first kappa shape index (κ1) is 11.2. The molecule has 0 saturated heterocycles. The minimum atomic E-state index is 0.351. The van der Waals surface area contributed by atoms with E-state index in [9.17, 15) is 0 Å². The van der Waals surface area contributed by atoms with Crippen molar-refractivity contribution < 1.29 is 9.47 Å². The maximum absolute atomic E-state index is 5.67. The predicted molar refractivity (Wildman–Crippen MR) is 64.2 cm³/mol. The van der Waals surface area contributed by atoms with Gasteiger partial charge in [0.1, 0.15) is 0 Å². The van der Waals surface area contributed by atoms with Gasteiger partial charge in [-0.15, -0.1) is 0 Å². The molecular formula is C12H13N3O2. The van der Waals surface area contributed by atoms with Crippen LogP contribution in [0.1, 0.15) is 5.69 Å². The highest BCUT2D eigenvalue weighted by atomic mass is 16.5. The molecule has 17 heavy (non-hydrogen) atoms. The number of rotatable bonds is 3. The molecule has 88 valence electrons. The molecule has 2 aromatic heterocycles. The van der Waals surface area contributed by atoms with Gasteiger partial charge in [-0.3, -0.25) is 4.98 Å². The summed E-state index contributed by atoms with van der Waals surface area (Å²) >= 11 is 0. The standard InChI is InChI=1S/C12H13N3O2/c1-8-10(4-3-7-14-8)17-11-6-5-9(13)12(15-11)16-2/h3-7H,13H2,1-2H3. The van der Waals surface area contributed by atoms with Crippen LogP contribution in [-0.2, 0) is 0 Å². The number of nitrogen functional groups attached to an aromatic ring is 1. The minimum Gasteiger partial charge on any atom is -0.479 e. The van der Waals surface area contributed by atoms with Crippen molar-refractivity contribution in [2.75, 3.05) is 12.8 Å². The molecule has 0 spiro atoms. The van der Waals surface area contributed by atoms with Crippen LogP contribution >= 0.6 is 0 Å². The molecule has 0 aromatic carbocycles. The van der Waals surface area contributed by atoms with E-state index in [1.807, 2.05) is 13.0 Å². The molecule has 2 rings (SSSR count). The second-order valence-corrected chi connectivity index (χ2v) is 3.44. The van der Waals surface area contributed by atoms with E-state index in [4.69, 9.17) is 15.2 Å². The van der Waals surface area contributed by atoms with E-state index in [1.54, 1.807) is 24.4 Å². The van der Waals surface area contributed by atoms with Crippen molar-refractivity contribution in [1.29, 1.82) is 0 Å². The second kappa shape index (κ2) is 4.69. The fourth-order valence-corrected chi connectivity index (χ4v) is 1.34. The van der Waals surface area contributed by atoms with Gasteiger partial charge in [0.05, 0.1) is 18.5 Å². The number of nitrogens with two attached hydrogens (primary N) is 1. The first-order valence-corrected chi connectivity index (χ1v) is 5.10. The van der Waals surface area contributed by atoms with E-state index in [0.29, 0.717) is 23.2 Å². The van der Waals surface area contributed by atoms with E-state index in [1.165, 1.54) is 7.11 Å². The summed E-state index contributed by atoms with van der Waals surface area (Å²) in [5.41, 5.74) is 6.94. The molecule has 5 heteroatoms. The zero-order valence-corrected chi connectivity index (χ0v) is 9.68. The molecule has 0 amide bonds. The van der Waals surface area contributed by atoms with Gasteiger partial charge < -0.3 is 15.2 Å². The van der Waals surface area contributed by atoms with Crippen LogP contribution in [-0.4, -0.2) is 17.1 Å². The van der Waals surface area contributed by atoms with E-state index in [-0.39, 0.29) is 0 Å². The van der Waals surface area contributed by atoms with Gasteiger partial charge in [-0.05, 0) is 25.1 Å². The quantitative estimate of drug-likeness (QED) is 0.876. The van der Waals surface area contributed by atoms with Crippen molar-refractivity contribution in [2.45, 2.75) is 6.92 Å². The summed E-state index contributed by atoms with van der Waals surface area (Å²) in [4.78, 5) is 8.26. The van der Waals surface area contributed by atoms with Crippen molar-refractivity contribution in [2.24, 2.45) is 0 Å². The summed E-state index contributed by atoms with van der Waals surface area (Å²) in [7, 11) is 1.51. The Morgan fingerprint density at radius 3 is 2.76 bits per heavy atom. The fourth-order valence-electron chi connectivity index (χ4n) is 1.34. The molecule has 0 aliphatic carbocycles. The highest BCUT2D eigenvalue weighted by Crippen LogP contribution is 2.26. The highest BCUT2D eigenvalue weighted by Gasteiger charge is 2.06. The molecule has 0 saturated carbocycles. The third-order valence-electron chi connectivity index (χ3n) is 2.23. The van der Waals surface area contributed by atoms with Gasteiger partial charge in [0.15, 0.2) is 5.75 Å². The Kier molecular flexibility index (Phi) is 3.09. The number of hydrogen-bond acceptors (Lipinski definition) is 5. The van der Waals surface area contributed by atoms with Crippen molar-refractivity contribution in [3.63, 3.8) is 0 Å². The Bertz CT molecular complexity index is 529. The zero-order chi connectivity index (χ0) is 12.3. The molecule has 0 unspecified atom stereocenters.